The van der Waals surface area contributed by atoms with Crippen LogP contribution >= 0.6 is 23.1 Å². The summed E-state index contributed by atoms with van der Waals surface area (Å²) in [5.74, 6) is 1.18. The highest BCUT2D eigenvalue weighted by Gasteiger charge is 2.10. The van der Waals surface area contributed by atoms with Gasteiger partial charge in [0, 0.05) is 17.3 Å². The van der Waals surface area contributed by atoms with Gasteiger partial charge in [0.25, 0.3) is 0 Å². The van der Waals surface area contributed by atoms with E-state index in [1.54, 1.807) is 29.3 Å². The first-order valence-corrected chi connectivity index (χ1v) is 7.48. The van der Waals surface area contributed by atoms with E-state index in [2.05, 4.69) is 20.5 Å². The lowest BCUT2D eigenvalue weighted by atomic mass is 10.3. The standard InChI is InChI=1S/C11H14N4OS2/c1-7-11(8(2)15-14-7)13-9(16)5-17-6-10-12-3-4-18-10/h3-4H,5-6H2,1-2H3,(H,13,16)(H,14,15). The molecule has 0 aliphatic carbocycles. The number of thiazole rings is 1. The first-order valence-electron chi connectivity index (χ1n) is 5.44. The summed E-state index contributed by atoms with van der Waals surface area (Å²) in [5, 5.41) is 12.7. The van der Waals surface area contributed by atoms with Crippen molar-refractivity contribution in [1.82, 2.24) is 15.2 Å². The number of hydrogen-bond donors (Lipinski definition) is 2. The molecule has 0 radical (unpaired) electrons. The normalized spacial score (nSPS) is 10.6. The third-order valence-electron chi connectivity index (χ3n) is 2.33. The van der Waals surface area contributed by atoms with Crippen LogP contribution in [0.1, 0.15) is 16.4 Å². The van der Waals surface area contributed by atoms with E-state index >= 15 is 0 Å². The summed E-state index contributed by atoms with van der Waals surface area (Å²) in [5.41, 5.74) is 2.48. The number of nitrogens with zero attached hydrogens (tertiary/aromatic N) is 2. The number of aromatic nitrogens is 3. The molecule has 2 heterocycles. The van der Waals surface area contributed by atoms with Crippen LogP contribution in [0.5, 0.6) is 0 Å². The summed E-state index contributed by atoms with van der Waals surface area (Å²) in [6.07, 6.45) is 1.78. The molecule has 5 nitrogen and oxygen atoms in total. The van der Waals surface area contributed by atoms with Crippen molar-refractivity contribution in [2.45, 2.75) is 19.6 Å². The first kappa shape index (κ1) is 13.1. The molecule has 2 aromatic rings. The zero-order chi connectivity index (χ0) is 13.0. The molecule has 2 rings (SSSR count). The van der Waals surface area contributed by atoms with Crippen LogP contribution < -0.4 is 5.32 Å². The van der Waals surface area contributed by atoms with E-state index in [4.69, 9.17) is 0 Å². The van der Waals surface area contributed by atoms with Crippen molar-refractivity contribution < 1.29 is 4.79 Å². The van der Waals surface area contributed by atoms with Crippen molar-refractivity contribution in [2.24, 2.45) is 0 Å². The maximum absolute atomic E-state index is 11.8. The van der Waals surface area contributed by atoms with E-state index in [9.17, 15) is 4.79 Å². The summed E-state index contributed by atoms with van der Waals surface area (Å²) >= 11 is 3.16. The SMILES string of the molecule is Cc1n[nH]c(C)c1NC(=O)CSCc1nccs1. The molecular weight excluding hydrogens is 268 g/mol. The Morgan fingerprint density at radius 3 is 3.00 bits per heavy atom. The Morgan fingerprint density at radius 1 is 1.56 bits per heavy atom. The average Bonchev–Trinajstić information content (AvgIpc) is 2.94. The van der Waals surface area contributed by atoms with Crippen molar-refractivity contribution in [3.63, 3.8) is 0 Å². The van der Waals surface area contributed by atoms with E-state index in [-0.39, 0.29) is 5.91 Å². The van der Waals surface area contributed by atoms with E-state index in [1.165, 1.54) is 0 Å². The minimum absolute atomic E-state index is 0.0100. The van der Waals surface area contributed by atoms with Gasteiger partial charge in [-0.05, 0) is 13.8 Å². The molecular formula is C11H14N4OS2. The van der Waals surface area contributed by atoms with Gasteiger partial charge in [0.2, 0.25) is 5.91 Å². The molecule has 0 saturated heterocycles. The highest BCUT2D eigenvalue weighted by Crippen LogP contribution is 2.18. The van der Waals surface area contributed by atoms with Crippen molar-refractivity contribution in [1.29, 1.82) is 0 Å². The zero-order valence-corrected chi connectivity index (χ0v) is 11.8. The molecule has 0 atom stereocenters. The first-order chi connectivity index (χ1) is 8.66. The van der Waals surface area contributed by atoms with Crippen LogP contribution in [0, 0.1) is 13.8 Å². The molecule has 0 bridgehead atoms. The molecule has 96 valence electrons. The number of carbonyl (C=O) groups is 1. The average molecular weight is 282 g/mol. The van der Waals surface area contributed by atoms with Crippen LogP contribution in [0.15, 0.2) is 11.6 Å². The van der Waals surface area contributed by atoms with Crippen LogP contribution in [-0.4, -0.2) is 26.8 Å². The molecule has 0 spiro atoms. The van der Waals surface area contributed by atoms with Crippen molar-refractivity contribution >= 4 is 34.7 Å². The smallest absolute Gasteiger partial charge is 0.234 e. The lowest BCUT2D eigenvalue weighted by Gasteiger charge is -2.04. The lowest BCUT2D eigenvalue weighted by Crippen LogP contribution is -2.15. The maximum atomic E-state index is 11.8. The Labute approximate surface area is 113 Å². The van der Waals surface area contributed by atoms with Crippen molar-refractivity contribution in [2.75, 3.05) is 11.1 Å². The van der Waals surface area contributed by atoms with Gasteiger partial charge < -0.3 is 5.32 Å². The number of amides is 1. The molecule has 2 aromatic heterocycles. The Bertz CT molecular complexity index is 502. The van der Waals surface area contributed by atoms with Gasteiger partial charge in [-0.2, -0.15) is 5.10 Å². The fraction of sp³-hybridized carbons (Fsp3) is 0.364. The molecule has 1 amide bonds. The molecule has 0 aliphatic rings. The van der Waals surface area contributed by atoms with Crippen LogP contribution in [0.2, 0.25) is 0 Å². The summed E-state index contributed by atoms with van der Waals surface area (Å²) in [6, 6.07) is 0. The molecule has 0 aromatic carbocycles. The van der Waals surface area contributed by atoms with E-state index in [0.717, 1.165) is 27.8 Å². The fourth-order valence-electron chi connectivity index (χ4n) is 1.47. The monoisotopic (exact) mass is 282 g/mol. The maximum Gasteiger partial charge on any atom is 0.234 e. The predicted octanol–water partition coefficient (Wildman–Crippen LogP) is 2.35. The highest BCUT2D eigenvalue weighted by atomic mass is 32.2. The minimum atomic E-state index is -0.0100. The Kier molecular flexibility index (Phi) is 4.38. The third-order valence-corrected chi connectivity index (χ3v) is 4.24. The van der Waals surface area contributed by atoms with Gasteiger partial charge in [-0.15, -0.1) is 23.1 Å². The van der Waals surface area contributed by atoms with Gasteiger partial charge in [-0.25, -0.2) is 4.98 Å². The van der Waals surface area contributed by atoms with Crippen LogP contribution in [-0.2, 0) is 10.5 Å². The Balaban J connectivity index is 1.79. The highest BCUT2D eigenvalue weighted by molar-refractivity contribution is 7.99. The van der Waals surface area contributed by atoms with E-state index < -0.39 is 0 Å². The number of aryl methyl sites for hydroxylation is 2. The Hall–Kier alpha value is -1.34. The second-order valence-electron chi connectivity index (χ2n) is 3.78. The molecule has 0 fully saturated rings. The van der Waals surface area contributed by atoms with Gasteiger partial charge in [-0.3, -0.25) is 9.89 Å². The number of rotatable bonds is 5. The molecule has 2 N–H and O–H groups in total. The van der Waals surface area contributed by atoms with Gasteiger partial charge in [0.15, 0.2) is 0 Å². The topological polar surface area (TPSA) is 70.7 Å². The number of aromatic amines is 1. The molecule has 0 aliphatic heterocycles. The number of nitrogens with one attached hydrogen (secondary N) is 2. The molecule has 0 unspecified atom stereocenters. The third kappa shape index (κ3) is 3.33. The van der Waals surface area contributed by atoms with Crippen molar-refractivity contribution in [3.8, 4) is 0 Å². The number of hydrogen-bond acceptors (Lipinski definition) is 5. The number of H-pyrrole nitrogens is 1. The van der Waals surface area contributed by atoms with Gasteiger partial charge >= 0.3 is 0 Å². The second kappa shape index (κ2) is 6.01. The van der Waals surface area contributed by atoms with E-state index in [1.807, 2.05) is 19.2 Å². The zero-order valence-electron chi connectivity index (χ0n) is 10.2. The van der Waals surface area contributed by atoms with Crippen LogP contribution in [0.3, 0.4) is 0 Å². The lowest BCUT2D eigenvalue weighted by molar-refractivity contribution is -0.113. The van der Waals surface area contributed by atoms with Gasteiger partial charge in [0.1, 0.15) is 5.01 Å². The number of anilines is 1. The second-order valence-corrected chi connectivity index (χ2v) is 5.74. The van der Waals surface area contributed by atoms with Crippen LogP contribution in [0.25, 0.3) is 0 Å². The Morgan fingerprint density at radius 2 is 2.39 bits per heavy atom. The largest absolute Gasteiger partial charge is 0.322 e. The predicted molar refractivity (Wildman–Crippen MR) is 75.0 cm³/mol. The summed E-state index contributed by atoms with van der Waals surface area (Å²) in [4.78, 5) is 15.9. The van der Waals surface area contributed by atoms with Crippen LogP contribution in [0.4, 0.5) is 5.69 Å². The molecule has 7 heteroatoms. The molecule has 0 saturated carbocycles. The fourth-order valence-corrected chi connectivity index (χ4v) is 3.00. The molecule has 18 heavy (non-hydrogen) atoms. The van der Waals surface area contributed by atoms with E-state index in [0.29, 0.717) is 5.75 Å². The quantitative estimate of drug-likeness (QED) is 0.883. The number of thioether (sulfide) groups is 1. The number of carbonyl (C=O) groups excluding carboxylic acids is 1. The van der Waals surface area contributed by atoms with Gasteiger partial charge in [-0.1, -0.05) is 0 Å². The van der Waals surface area contributed by atoms with Gasteiger partial charge in [0.05, 0.1) is 22.8 Å². The summed E-state index contributed by atoms with van der Waals surface area (Å²) < 4.78 is 0. The minimum Gasteiger partial charge on any atom is -0.322 e. The van der Waals surface area contributed by atoms with Crippen molar-refractivity contribution in [3.05, 3.63) is 28.0 Å². The summed E-state index contributed by atoms with van der Waals surface area (Å²) in [6.45, 7) is 3.75. The summed E-state index contributed by atoms with van der Waals surface area (Å²) in [7, 11) is 0.